The largest absolute Gasteiger partial charge is 0.212 e. The topological polar surface area (TPSA) is 3.88 Å². The molecule has 0 bridgehead atoms. The summed E-state index contributed by atoms with van der Waals surface area (Å²) in [4.78, 5) is 0. The molecule has 0 saturated carbocycles. The van der Waals surface area contributed by atoms with E-state index >= 15 is 0 Å². The summed E-state index contributed by atoms with van der Waals surface area (Å²) in [6.07, 6.45) is 1.57. The molecule has 1 nitrogen and oxygen atoms in total. The number of fused-ring (bicyclic) bond motifs is 3. The van der Waals surface area contributed by atoms with Gasteiger partial charge in [-0.25, -0.2) is 4.57 Å². The van der Waals surface area contributed by atoms with Gasteiger partial charge in [0.15, 0.2) is 6.20 Å². The van der Waals surface area contributed by atoms with Crippen molar-refractivity contribution < 1.29 is 7.31 Å². The summed E-state index contributed by atoms with van der Waals surface area (Å²) >= 11 is 0. The Balaban J connectivity index is 1.84. The average molecular weight is 359 g/mol. The highest BCUT2D eigenvalue weighted by Gasteiger charge is 2.24. The highest BCUT2D eigenvalue weighted by molar-refractivity contribution is 5.81. The van der Waals surface area contributed by atoms with Gasteiger partial charge in [0.1, 0.15) is 7.05 Å². The molecule has 1 aliphatic rings. The molecule has 1 heterocycles. The molecule has 0 radical (unpaired) electrons. The van der Waals surface area contributed by atoms with Crippen LogP contribution in [-0.2, 0) is 19.8 Å². The first-order chi connectivity index (χ1) is 13.5. The van der Waals surface area contributed by atoms with E-state index in [0.29, 0.717) is 0 Å². The lowest BCUT2D eigenvalue weighted by Gasteiger charge is -2.19. The summed E-state index contributed by atoms with van der Waals surface area (Å²) in [6, 6.07) is 15.3. The molecule has 4 rings (SSSR count). The maximum absolute atomic E-state index is 8.70. The fraction of sp³-hybridized carbons (Fsp3) is 0.346. The van der Waals surface area contributed by atoms with Gasteiger partial charge in [-0.1, -0.05) is 51.1 Å². The molecule has 1 heteroatoms. The van der Waals surface area contributed by atoms with Crippen LogP contribution in [0.4, 0.5) is 0 Å². The van der Waals surface area contributed by atoms with Gasteiger partial charge in [-0.3, -0.25) is 0 Å². The minimum Gasteiger partial charge on any atom is -0.201 e. The van der Waals surface area contributed by atoms with E-state index in [2.05, 4.69) is 54.0 Å². The second kappa shape index (κ2) is 6.34. The average Bonchev–Trinajstić information content (AvgIpc) is 3.02. The second-order valence-corrected chi connectivity index (χ2v) is 8.84. The Morgan fingerprint density at radius 1 is 1.00 bits per heavy atom. The van der Waals surface area contributed by atoms with Gasteiger partial charge in [-0.05, 0) is 71.5 Å². The van der Waals surface area contributed by atoms with Crippen molar-refractivity contribution in [2.24, 2.45) is 12.5 Å². The summed E-state index contributed by atoms with van der Waals surface area (Å²) in [5.74, 6) is 0. The number of rotatable bonds is 2. The molecule has 0 N–H and O–H groups in total. The van der Waals surface area contributed by atoms with Crippen LogP contribution in [-0.4, -0.2) is 0 Å². The van der Waals surface area contributed by atoms with Gasteiger partial charge in [0.2, 0.25) is 5.69 Å². The van der Waals surface area contributed by atoms with Crippen molar-refractivity contribution in [3.8, 4) is 22.4 Å². The molecule has 0 fully saturated rings. The number of hydrogen-bond acceptors (Lipinski definition) is 0. The zero-order chi connectivity index (χ0) is 21.1. The molecule has 0 aliphatic heterocycles. The van der Waals surface area contributed by atoms with Crippen molar-refractivity contribution in [1.29, 1.82) is 0 Å². The van der Waals surface area contributed by atoms with Crippen molar-refractivity contribution in [1.82, 2.24) is 0 Å². The first kappa shape index (κ1) is 15.6. The van der Waals surface area contributed by atoms with E-state index in [4.69, 9.17) is 2.74 Å². The van der Waals surface area contributed by atoms with Crippen molar-refractivity contribution >= 4 is 0 Å². The molecule has 1 aromatic heterocycles. The van der Waals surface area contributed by atoms with E-state index in [1.807, 2.05) is 40.9 Å². The van der Waals surface area contributed by atoms with Crippen LogP contribution in [0.25, 0.3) is 22.4 Å². The van der Waals surface area contributed by atoms with E-state index in [9.17, 15) is 0 Å². The lowest BCUT2D eigenvalue weighted by Crippen LogP contribution is -2.32. The first-order valence-electron chi connectivity index (χ1n) is 10.7. The molecule has 0 amide bonds. The standard InChI is InChI=1S/C26H30N/c1-17-13-25(27(6)16-20(17)15-26(3,4)5)21-11-12-23-22-10-8-7-9-19(22)14-24(23)18(21)2/h7-13,16H,14-15H2,1-6H3/q+1/i15D2. The molecule has 27 heavy (non-hydrogen) atoms. The van der Waals surface area contributed by atoms with Crippen LogP contribution in [0.5, 0.6) is 0 Å². The number of nitrogens with zero attached hydrogens (tertiary/aromatic N) is 1. The van der Waals surface area contributed by atoms with Crippen LogP contribution in [0.3, 0.4) is 0 Å². The minimum atomic E-state index is -1.40. The zero-order valence-electron chi connectivity index (χ0n) is 19.3. The van der Waals surface area contributed by atoms with Gasteiger partial charge in [-0.2, -0.15) is 0 Å². The van der Waals surface area contributed by atoms with E-state index in [0.717, 1.165) is 23.2 Å². The van der Waals surface area contributed by atoms with Crippen LogP contribution < -0.4 is 4.57 Å². The number of benzene rings is 2. The van der Waals surface area contributed by atoms with Gasteiger partial charge in [0, 0.05) is 19.9 Å². The van der Waals surface area contributed by atoms with Gasteiger partial charge in [-0.15, -0.1) is 0 Å². The Labute approximate surface area is 166 Å². The molecular weight excluding hydrogens is 326 g/mol. The maximum atomic E-state index is 8.70. The Hall–Kier alpha value is -2.41. The smallest absolute Gasteiger partial charge is 0.201 e. The van der Waals surface area contributed by atoms with Crippen LogP contribution >= 0.6 is 0 Å². The molecule has 0 saturated heterocycles. The summed E-state index contributed by atoms with van der Waals surface area (Å²) in [5, 5.41) is 0. The quantitative estimate of drug-likeness (QED) is 0.390. The molecule has 2 aromatic carbocycles. The van der Waals surface area contributed by atoms with E-state index in [1.54, 1.807) is 0 Å². The van der Waals surface area contributed by atoms with E-state index < -0.39 is 11.8 Å². The van der Waals surface area contributed by atoms with Gasteiger partial charge in [0.25, 0.3) is 0 Å². The molecule has 0 spiro atoms. The first-order valence-corrected chi connectivity index (χ1v) is 9.74. The van der Waals surface area contributed by atoms with Gasteiger partial charge >= 0.3 is 0 Å². The van der Waals surface area contributed by atoms with Gasteiger partial charge < -0.3 is 0 Å². The fourth-order valence-corrected chi connectivity index (χ4v) is 4.19. The third kappa shape index (κ3) is 3.20. The summed E-state index contributed by atoms with van der Waals surface area (Å²) < 4.78 is 19.5. The van der Waals surface area contributed by atoms with Crippen molar-refractivity contribution in [2.45, 2.75) is 47.4 Å². The number of aryl methyl sites for hydroxylation is 2. The predicted molar refractivity (Wildman–Crippen MR) is 114 cm³/mol. The Kier molecular flexibility index (Phi) is 3.67. The third-order valence-corrected chi connectivity index (χ3v) is 5.54. The molecule has 138 valence electrons. The van der Waals surface area contributed by atoms with E-state index in [-0.39, 0.29) is 0 Å². The molecule has 1 aliphatic carbocycles. The third-order valence-electron chi connectivity index (χ3n) is 5.54. The van der Waals surface area contributed by atoms with E-state index in [1.165, 1.54) is 33.4 Å². The monoisotopic (exact) mass is 358 g/mol. The molecule has 0 atom stereocenters. The lowest BCUT2D eigenvalue weighted by molar-refractivity contribution is -0.660. The normalized spacial score (nSPS) is 14.4. The summed E-state index contributed by atoms with van der Waals surface area (Å²) in [7, 11) is 2.03. The van der Waals surface area contributed by atoms with Crippen LogP contribution in [0, 0.1) is 19.3 Å². The molecule has 0 unspecified atom stereocenters. The van der Waals surface area contributed by atoms with Crippen molar-refractivity contribution in [3.05, 3.63) is 76.5 Å². The number of hydrogen-bond donors (Lipinski definition) is 0. The summed E-state index contributed by atoms with van der Waals surface area (Å²) in [5.41, 5.74) is 10.5. The van der Waals surface area contributed by atoms with Crippen molar-refractivity contribution in [3.63, 3.8) is 0 Å². The fourth-order valence-electron chi connectivity index (χ4n) is 4.19. The highest BCUT2D eigenvalue weighted by atomic mass is 14.9. The highest BCUT2D eigenvalue weighted by Crippen LogP contribution is 2.40. The van der Waals surface area contributed by atoms with Crippen LogP contribution in [0.15, 0.2) is 48.7 Å². The predicted octanol–water partition coefficient (Wildman–Crippen LogP) is 5.95. The molecule has 3 aromatic rings. The maximum Gasteiger partial charge on any atom is 0.212 e. The van der Waals surface area contributed by atoms with Gasteiger partial charge in [0.05, 0.1) is 0 Å². The Morgan fingerprint density at radius 3 is 2.44 bits per heavy atom. The second-order valence-electron chi connectivity index (χ2n) is 8.84. The minimum absolute atomic E-state index is 0.471. The Bertz CT molecular complexity index is 1120. The lowest BCUT2D eigenvalue weighted by atomic mass is 9.86. The zero-order valence-corrected chi connectivity index (χ0v) is 17.3. The van der Waals surface area contributed by atoms with Crippen LogP contribution in [0.1, 0.15) is 51.3 Å². The summed E-state index contributed by atoms with van der Waals surface area (Å²) in [6.45, 7) is 10.1. The Morgan fingerprint density at radius 2 is 1.70 bits per heavy atom. The van der Waals surface area contributed by atoms with Crippen molar-refractivity contribution in [2.75, 3.05) is 0 Å². The number of pyridine rings is 1. The number of aromatic nitrogens is 1. The molecular formula is C26H30N+. The SMILES string of the molecule is [2H]C([2H])(c1c[n+](C)c(-c2ccc3c(c2C)Cc2ccccc2-3)cc1C)C(C)(C)C. The van der Waals surface area contributed by atoms with Crippen LogP contribution in [0.2, 0.25) is 0 Å².